The van der Waals surface area contributed by atoms with Gasteiger partial charge in [-0.3, -0.25) is 4.79 Å². The smallest absolute Gasteiger partial charge is 0.227 e. The van der Waals surface area contributed by atoms with Crippen molar-refractivity contribution in [1.82, 2.24) is 10.2 Å². The molecule has 1 heterocycles. The van der Waals surface area contributed by atoms with Crippen LogP contribution in [0.2, 0.25) is 0 Å². The number of hydrogen-bond acceptors (Lipinski definition) is 2. The fraction of sp³-hybridized carbons (Fsp3) is 0.500. The van der Waals surface area contributed by atoms with E-state index in [-0.39, 0.29) is 5.91 Å². The molecule has 1 aliphatic heterocycles. The summed E-state index contributed by atoms with van der Waals surface area (Å²) in [6, 6.07) is 6.39. The molecule has 1 aromatic carbocycles. The number of aryl methyl sites for hydroxylation is 1. The van der Waals surface area contributed by atoms with Gasteiger partial charge in [-0.1, -0.05) is 22.0 Å². The van der Waals surface area contributed by atoms with Crippen LogP contribution < -0.4 is 5.32 Å². The molecule has 98 valence electrons. The topological polar surface area (TPSA) is 32.3 Å². The first kappa shape index (κ1) is 13.6. The lowest BCUT2D eigenvalue weighted by Gasteiger charge is -2.34. The van der Waals surface area contributed by atoms with Crippen LogP contribution in [0, 0.1) is 6.92 Å². The minimum atomic E-state index is 0.227. The zero-order valence-corrected chi connectivity index (χ0v) is 12.5. The molecule has 1 fully saturated rings. The van der Waals surface area contributed by atoms with Crippen LogP contribution >= 0.6 is 15.9 Å². The third kappa shape index (κ3) is 3.12. The summed E-state index contributed by atoms with van der Waals surface area (Å²) in [6.07, 6.45) is 0.496. The normalized spacial score (nSPS) is 19.9. The molecule has 1 unspecified atom stereocenters. The third-order valence-corrected chi connectivity index (χ3v) is 3.97. The number of benzene rings is 1. The molecule has 0 spiro atoms. The second-order valence-corrected chi connectivity index (χ2v) is 5.80. The summed E-state index contributed by atoms with van der Waals surface area (Å²) in [7, 11) is 0. The Labute approximate surface area is 117 Å². The molecule has 1 N–H and O–H groups in total. The Kier molecular flexibility index (Phi) is 4.40. The highest BCUT2D eigenvalue weighted by atomic mass is 79.9. The summed E-state index contributed by atoms with van der Waals surface area (Å²) in [4.78, 5) is 14.3. The van der Waals surface area contributed by atoms with Crippen LogP contribution in [-0.4, -0.2) is 36.5 Å². The lowest BCUT2D eigenvalue weighted by atomic mass is 10.0. The standard InChI is InChI=1S/C14H19BrN2O/c1-10-3-4-13(15)7-12(10)8-14(18)17-6-5-16-9-11(17)2/h3-4,7,11,16H,5-6,8-9H2,1-2H3. The summed E-state index contributed by atoms with van der Waals surface area (Å²) in [5.41, 5.74) is 2.29. The number of rotatable bonds is 2. The molecule has 0 aliphatic carbocycles. The zero-order valence-electron chi connectivity index (χ0n) is 10.9. The van der Waals surface area contributed by atoms with E-state index in [0.29, 0.717) is 12.5 Å². The van der Waals surface area contributed by atoms with Crippen LogP contribution in [0.25, 0.3) is 0 Å². The number of amides is 1. The number of carbonyl (C=O) groups excluding carboxylic acids is 1. The lowest BCUT2D eigenvalue weighted by Crippen LogP contribution is -2.52. The van der Waals surface area contributed by atoms with Crippen LogP contribution in [0.4, 0.5) is 0 Å². The highest BCUT2D eigenvalue weighted by molar-refractivity contribution is 9.10. The van der Waals surface area contributed by atoms with Gasteiger partial charge in [0, 0.05) is 30.1 Å². The van der Waals surface area contributed by atoms with E-state index in [1.807, 2.05) is 23.1 Å². The average Bonchev–Trinajstić information content (AvgIpc) is 2.34. The molecule has 18 heavy (non-hydrogen) atoms. The maximum atomic E-state index is 12.3. The molecule has 0 saturated carbocycles. The summed E-state index contributed by atoms with van der Waals surface area (Å²) < 4.78 is 1.03. The van der Waals surface area contributed by atoms with Crippen LogP contribution in [0.3, 0.4) is 0 Å². The minimum absolute atomic E-state index is 0.227. The minimum Gasteiger partial charge on any atom is -0.337 e. The quantitative estimate of drug-likeness (QED) is 0.907. The van der Waals surface area contributed by atoms with Gasteiger partial charge >= 0.3 is 0 Å². The van der Waals surface area contributed by atoms with E-state index in [1.165, 1.54) is 5.56 Å². The average molecular weight is 311 g/mol. The van der Waals surface area contributed by atoms with Gasteiger partial charge in [0.25, 0.3) is 0 Å². The molecule has 0 radical (unpaired) electrons. The van der Waals surface area contributed by atoms with E-state index in [9.17, 15) is 4.79 Å². The molecular weight excluding hydrogens is 292 g/mol. The highest BCUT2D eigenvalue weighted by Gasteiger charge is 2.23. The highest BCUT2D eigenvalue weighted by Crippen LogP contribution is 2.18. The van der Waals surface area contributed by atoms with Crippen molar-refractivity contribution in [1.29, 1.82) is 0 Å². The molecule has 0 bridgehead atoms. The Bertz CT molecular complexity index is 447. The van der Waals surface area contributed by atoms with Gasteiger partial charge in [0.1, 0.15) is 0 Å². The third-order valence-electron chi connectivity index (χ3n) is 3.47. The number of halogens is 1. The molecule has 1 amide bonds. The number of carbonyl (C=O) groups is 1. The molecule has 4 heteroatoms. The summed E-state index contributed by atoms with van der Waals surface area (Å²) in [6.45, 7) is 6.75. The maximum Gasteiger partial charge on any atom is 0.227 e. The van der Waals surface area contributed by atoms with Gasteiger partial charge in [0.2, 0.25) is 5.91 Å². The summed E-state index contributed by atoms with van der Waals surface area (Å²) >= 11 is 3.46. The van der Waals surface area contributed by atoms with Crippen LogP contribution in [0.1, 0.15) is 18.1 Å². The number of piperazine rings is 1. The number of nitrogens with one attached hydrogen (secondary N) is 1. The largest absolute Gasteiger partial charge is 0.337 e. The number of nitrogens with zero attached hydrogens (tertiary/aromatic N) is 1. The van der Waals surface area contributed by atoms with E-state index < -0.39 is 0 Å². The number of hydrogen-bond donors (Lipinski definition) is 1. The fourth-order valence-electron chi connectivity index (χ4n) is 2.31. The Balaban J connectivity index is 2.08. The van der Waals surface area contributed by atoms with Crippen molar-refractivity contribution in [3.8, 4) is 0 Å². The first-order valence-corrected chi connectivity index (χ1v) is 7.12. The molecule has 1 saturated heterocycles. The van der Waals surface area contributed by atoms with Crippen LogP contribution in [-0.2, 0) is 11.2 Å². The van der Waals surface area contributed by atoms with Crippen molar-refractivity contribution in [2.75, 3.05) is 19.6 Å². The molecule has 3 nitrogen and oxygen atoms in total. The second kappa shape index (κ2) is 5.85. The molecule has 1 atom stereocenters. The van der Waals surface area contributed by atoms with Crippen molar-refractivity contribution in [3.63, 3.8) is 0 Å². The van der Waals surface area contributed by atoms with Crippen molar-refractivity contribution >= 4 is 21.8 Å². The van der Waals surface area contributed by atoms with E-state index in [0.717, 1.165) is 29.7 Å². The SMILES string of the molecule is Cc1ccc(Br)cc1CC(=O)N1CCNCC1C. The van der Waals surface area contributed by atoms with Crippen molar-refractivity contribution < 1.29 is 4.79 Å². The van der Waals surface area contributed by atoms with Crippen molar-refractivity contribution in [2.45, 2.75) is 26.3 Å². The Morgan fingerprint density at radius 1 is 1.56 bits per heavy atom. The summed E-state index contributed by atoms with van der Waals surface area (Å²) in [5.74, 6) is 0.227. The van der Waals surface area contributed by atoms with Crippen molar-refractivity contribution in [2.24, 2.45) is 0 Å². The van der Waals surface area contributed by atoms with Crippen LogP contribution in [0.5, 0.6) is 0 Å². The Hall–Kier alpha value is -0.870. The Morgan fingerprint density at radius 3 is 3.06 bits per heavy atom. The van der Waals surface area contributed by atoms with Gasteiger partial charge in [-0.05, 0) is 37.1 Å². The van der Waals surface area contributed by atoms with Gasteiger partial charge in [-0.2, -0.15) is 0 Å². The predicted molar refractivity (Wildman–Crippen MR) is 76.6 cm³/mol. The molecule has 2 rings (SSSR count). The zero-order chi connectivity index (χ0) is 13.1. The second-order valence-electron chi connectivity index (χ2n) is 4.89. The fourth-order valence-corrected chi connectivity index (χ4v) is 2.72. The van der Waals surface area contributed by atoms with E-state index in [4.69, 9.17) is 0 Å². The van der Waals surface area contributed by atoms with Crippen LogP contribution in [0.15, 0.2) is 22.7 Å². The Morgan fingerprint density at radius 2 is 2.33 bits per heavy atom. The molecule has 1 aromatic rings. The lowest BCUT2D eigenvalue weighted by molar-refractivity contribution is -0.133. The maximum absolute atomic E-state index is 12.3. The van der Waals surface area contributed by atoms with Gasteiger partial charge in [0.15, 0.2) is 0 Å². The van der Waals surface area contributed by atoms with E-state index in [2.05, 4.69) is 35.1 Å². The predicted octanol–water partition coefficient (Wildman–Crippen LogP) is 2.12. The van der Waals surface area contributed by atoms with Gasteiger partial charge in [-0.15, -0.1) is 0 Å². The van der Waals surface area contributed by atoms with Crippen molar-refractivity contribution in [3.05, 3.63) is 33.8 Å². The van der Waals surface area contributed by atoms with E-state index in [1.54, 1.807) is 0 Å². The molecule has 1 aliphatic rings. The first-order chi connectivity index (χ1) is 8.58. The summed E-state index contributed by atoms with van der Waals surface area (Å²) in [5, 5.41) is 3.30. The van der Waals surface area contributed by atoms with E-state index >= 15 is 0 Å². The monoisotopic (exact) mass is 310 g/mol. The van der Waals surface area contributed by atoms with Gasteiger partial charge in [0.05, 0.1) is 6.42 Å². The van der Waals surface area contributed by atoms with Gasteiger partial charge in [-0.25, -0.2) is 0 Å². The van der Waals surface area contributed by atoms with Gasteiger partial charge < -0.3 is 10.2 Å². The molecular formula is C14H19BrN2O. The first-order valence-electron chi connectivity index (χ1n) is 6.33. The molecule has 0 aromatic heterocycles.